The van der Waals surface area contributed by atoms with Crippen LogP contribution in [0.25, 0.3) is 11.4 Å². The number of amides is 1. The van der Waals surface area contributed by atoms with Gasteiger partial charge in [-0.15, -0.1) is 0 Å². The van der Waals surface area contributed by atoms with Crippen LogP contribution in [0.5, 0.6) is 0 Å². The van der Waals surface area contributed by atoms with Gasteiger partial charge in [0.1, 0.15) is 11.5 Å². The molecule has 33 heavy (non-hydrogen) atoms. The Hall–Kier alpha value is -3.02. The van der Waals surface area contributed by atoms with Gasteiger partial charge in [-0.2, -0.15) is 10.6 Å². The molecule has 9 nitrogen and oxygen atoms in total. The summed E-state index contributed by atoms with van der Waals surface area (Å²) in [6.07, 6.45) is 2.72. The number of nitrogens with zero attached hydrogens (tertiary/aromatic N) is 5. The number of benzene rings is 1. The van der Waals surface area contributed by atoms with Gasteiger partial charge < -0.3 is 14.8 Å². The van der Waals surface area contributed by atoms with Gasteiger partial charge in [0.15, 0.2) is 5.82 Å². The molecule has 2 aromatic heterocycles. The van der Waals surface area contributed by atoms with Gasteiger partial charge >= 0.3 is 0 Å². The quantitative estimate of drug-likeness (QED) is 0.504. The van der Waals surface area contributed by atoms with Crippen molar-refractivity contribution in [3.8, 4) is 11.4 Å². The largest absolute Gasteiger partial charge is 0.336 e. The molecule has 0 atom stereocenters. The lowest BCUT2D eigenvalue weighted by Crippen LogP contribution is -2.42. The lowest BCUT2D eigenvalue weighted by molar-refractivity contribution is 0.0768. The SMILES string of the molecule is Cc1ncc(-c2nc(Nc3ccc(C(=O)N4CCS(O)(O)CC4)cc3)ncc2F)n1C(C)C. The maximum absolute atomic E-state index is 14.5. The van der Waals surface area contributed by atoms with Gasteiger partial charge in [0.05, 0.1) is 29.6 Å². The zero-order chi connectivity index (χ0) is 23.8. The third-order valence-electron chi connectivity index (χ3n) is 5.54. The zero-order valence-corrected chi connectivity index (χ0v) is 19.5. The molecule has 1 aliphatic heterocycles. The molecule has 0 aliphatic carbocycles. The van der Waals surface area contributed by atoms with Crippen molar-refractivity contribution in [1.29, 1.82) is 0 Å². The summed E-state index contributed by atoms with van der Waals surface area (Å²) < 4.78 is 35.9. The van der Waals surface area contributed by atoms with E-state index >= 15 is 0 Å². The first-order chi connectivity index (χ1) is 15.6. The fraction of sp³-hybridized carbons (Fsp3) is 0.364. The number of carbonyl (C=O) groups excluding carboxylic acids is 1. The van der Waals surface area contributed by atoms with Gasteiger partial charge in [-0.3, -0.25) is 13.9 Å². The summed E-state index contributed by atoms with van der Waals surface area (Å²) in [5.41, 5.74) is 1.87. The summed E-state index contributed by atoms with van der Waals surface area (Å²) in [7, 11) is -2.56. The standard InChI is InChI=1S/C22H27FN6O3S/c1-14(2)29-15(3)24-13-19(29)20-18(23)12-25-22(27-20)26-17-6-4-16(5-7-17)21(30)28-8-10-33(31,32)11-9-28/h4-7,12-14,31-32H,8-11H2,1-3H3,(H,25,26,27). The number of anilines is 2. The van der Waals surface area contributed by atoms with E-state index in [4.69, 9.17) is 0 Å². The summed E-state index contributed by atoms with van der Waals surface area (Å²) in [4.78, 5) is 27.0. The van der Waals surface area contributed by atoms with E-state index in [1.807, 2.05) is 25.3 Å². The van der Waals surface area contributed by atoms with E-state index in [0.29, 0.717) is 30.0 Å². The maximum Gasteiger partial charge on any atom is 0.253 e. The van der Waals surface area contributed by atoms with Gasteiger partial charge in [-0.1, -0.05) is 0 Å². The third kappa shape index (κ3) is 5.00. The summed E-state index contributed by atoms with van der Waals surface area (Å²) >= 11 is 0. The van der Waals surface area contributed by atoms with Crippen molar-refractivity contribution in [1.82, 2.24) is 24.4 Å². The van der Waals surface area contributed by atoms with Crippen LogP contribution in [-0.4, -0.2) is 64.0 Å². The number of hydrogen-bond donors (Lipinski definition) is 3. The normalized spacial score (nSPS) is 16.6. The predicted octanol–water partition coefficient (Wildman–Crippen LogP) is 4.32. The minimum atomic E-state index is -2.56. The van der Waals surface area contributed by atoms with Crippen molar-refractivity contribution in [3.05, 3.63) is 53.9 Å². The van der Waals surface area contributed by atoms with Crippen LogP contribution in [0, 0.1) is 12.7 Å². The highest BCUT2D eigenvalue weighted by Gasteiger charge is 2.26. The Balaban J connectivity index is 1.50. The topological polar surface area (TPSA) is 116 Å². The van der Waals surface area contributed by atoms with E-state index in [1.165, 1.54) is 0 Å². The number of hydrogen-bond acceptors (Lipinski definition) is 7. The Bertz CT molecular complexity index is 1160. The van der Waals surface area contributed by atoms with Crippen molar-refractivity contribution >= 4 is 28.1 Å². The zero-order valence-electron chi connectivity index (χ0n) is 18.7. The second kappa shape index (κ2) is 9.08. The molecule has 0 radical (unpaired) electrons. The highest BCUT2D eigenvalue weighted by Crippen LogP contribution is 2.40. The Morgan fingerprint density at radius 3 is 2.42 bits per heavy atom. The molecule has 176 valence electrons. The van der Waals surface area contributed by atoms with Crippen molar-refractivity contribution in [2.24, 2.45) is 0 Å². The van der Waals surface area contributed by atoms with Gasteiger partial charge in [-0.05, 0) is 45.0 Å². The van der Waals surface area contributed by atoms with Gasteiger partial charge in [0, 0.05) is 30.4 Å². The number of rotatable bonds is 5. The first-order valence-electron chi connectivity index (χ1n) is 10.6. The number of nitrogens with one attached hydrogen (secondary N) is 1. The van der Waals surface area contributed by atoms with Crippen molar-refractivity contribution < 1.29 is 18.3 Å². The fourth-order valence-corrected chi connectivity index (χ4v) is 5.05. The van der Waals surface area contributed by atoms with Crippen LogP contribution in [0.1, 0.15) is 36.1 Å². The molecule has 0 bridgehead atoms. The average molecular weight is 475 g/mol. The number of halogens is 1. The smallest absolute Gasteiger partial charge is 0.253 e. The summed E-state index contributed by atoms with van der Waals surface area (Å²) in [6, 6.07) is 6.89. The van der Waals surface area contributed by atoms with Crippen LogP contribution >= 0.6 is 10.6 Å². The molecule has 3 aromatic rings. The van der Waals surface area contributed by atoms with E-state index in [0.717, 1.165) is 12.0 Å². The molecule has 1 amide bonds. The molecule has 3 N–H and O–H groups in total. The molecule has 1 aromatic carbocycles. The van der Waals surface area contributed by atoms with Crippen LogP contribution in [-0.2, 0) is 0 Å². The van der Waals surface area contributed by atoms with Crippen molar-refractivity contribution in [2.45, 2.75) is 26.8 Å². The second-order valence-corrected chi connectivity index (χ2v) is 10.7. The molecule has 4 rings (SSSR count). The lowest BCUT2D eigenvalue weighted by atomic mass is 10.2. The monoisotopic (exact) mass is 474 g/mol. The molecule has 1 aliphatic rings. The Labute approximate surface area is 193 Å². The fourth-order valence-electron chi connectivity index (χ4n) is 3.82. The number of imidazole rings is 1. The van der Waals surface area contributed by atoms with Crippen molar-refractivity contribution in [3.63, 3.8) is 0 Å². The van der Waals surface area contributed by atoms with E-state index in [1.54, 1.807) is 35.4 Å². The van der Waals surface area contributed by atoms with Gasteiger partial charge in [-0.25, -0.2) is 19.3 Å². The molecule has 0 saturated carbocycles. The molecular formula is C22H27FN6O3S. The van der Waals surface area contributed by atoms with Crippen LogP contribution in [0.4, 0.5) is 16.0 Å². The molecule has 1 fully saturated rings. The summed E-state index contributed by atoms with van der Waals surface area (Å²) in [5.74, 6) is 0.707. The van der Waals surface area contributed by atoms with Crippen LogP contribution in [0.15, 0.2) is 36.7 Å². The van der Waals surface area contributed by atoms with Gasteiger partial charge in [0.25, 0.3) is 5.91 Å². The van der Waals surface area contributed by atoms with E-state index in [9.17, 15) is 18.3 Å². The minimum Gasteiger partial charge on any atom is -0.336 e. The molecule has 3 heterocycles. The Kier molecular flexibility index (Phi) is 6.37. The summed E-state index contributed by atoms with van der Waals surface area (Å²) in [5, 5.41) is 3.05. The predicted molar refractivity (Wildman–Crippen MR) is 127 cm³/mol. The Morgan fingerprint density at radius 1 is 1.12 bits per heavy atom. The van der Waals surface area contributed by atoms with E-state index in [2.05, 4.69) is 20.3 Å². The van der Waals surface area contributed by atoms with E-state index < -0.39 is 16.4 Å². The highest BCUT2D eigenvalue weighted by molar-refractivity contribution is 8.24. The molecular weight excluding hydrogens is 447 g/mol. The number of aromatic nitrogens is 4. The average Bonchev–Trinajstić information content (AvgIpc) is 3.16. The molecule has 11 heteroatoms. The summed E-state index contributed by atoms with van der Waals surface area (Å²) in [6.45, 7) is 6.49. The number of aryl methyl sites for hydroxylation is 1. The van der Waals surface area contributed by atoms with Crippen molar-refractivity contribution in [2.75, 3.05) is 29.9 Å². The Morgan fingerprint density at radius 2 is 1.79 bits per heavy atom. The van der Waals surface area contributed by atoms with Crippen LogP contribution in [0.3, 0.4) is 0 Å². The molecule has 0 unspecified atom stereocenters. The highest BCUT2D eigenvalue weighted by atomic mass is 32.3. The molecule has 1 saturated heterocycles. The van der Waals surface area contributed by atoms with Crippen LogP contribution < -0.4 is 5.32 Å². The van der Waals surface area contributed by atoms with Gasteiger partial charge in [0.2, 0.25) is 5.95 Å². The third-order valence-corrected chi connectivity index (χ3v) is 7.21. The first kappa shape index (κ1) is 23.1. The number of carbonyl (C=O) groups is 1. The first-order valence-corrected chi connectivity index (χ1v) is 12.5. The molecule has 0 spiro atoms. The van der Waals surface area contributed by atoms with Crippen LogP contribution in [0.2, 0.25) is 0 Å². The second-order valence-electron chi connectivity index (χ2n) is 8.25. The van der Waals surface area contributed by atoms with E-state index in [-0.39, 0.29) is 35.1 Å². The maximum atomic E-state index is 14.5. The lowest BCUT2D eigenvalue weighted by Gasteiger charge is -2.40. The minimum absolute atomic E-state index is 0.0887.